The molecule has 20 heavy (non-hydrogen) atoms. The number of carbonyl (C=O) groups excluding carboxylic acids is 2. The summed E-state index contributed by atoms with van der Waals surface area (Å²) in [6, 6.07) is 0.892. The summed E-state index contributed by atoms with van der Waals surface area (Å²) in [7, 11) is 0. The number of imide groups is 1. The van der Waals surface area contributed by atoms with Gasteiger partial charge < -0.3 is 14.9 Å². The van der Waals surface area contributed by atoms with E-state index in [0.717, 1.165) is 0 Å². The lowest BCUT2D eigenvalue weighted by molar-refractivity contribution is -0.133. The van der Waals surface area contributed by atoms with Crippen LogP contribution in [0.15, 0.2) is 21.7 Å². The zero-order valence-corrected chi connectivity index (χ0v) is 11.3. The van der Waals surface area contributed by atoms with Gasteiger partial charge in [-0.1, -0.05) is 5.16 Å². The van der Waals surface area contributed by atoms with Gasteiger partial charge in [0.2, 0.25) is 0 Å². The first-order chi connectivity index (χ1) is 9.31. The van der Waals surface area contributed by atoms with Crippen molar-refractivity contribution in [2.24, 2.45) is 0 Å². The van der Waals surface area contributed by atoms with Gasteiger partial charge in [-0.25, -0.2) is 9.59 Å². The molecule has 0 spiro atoms. The van der Waals surface area contributed by atoms with Crippen molar-refractivity contribution in [1.29, 1.82) is 0 Å². The molecule has 0 unspecified atom stereocenters. The van der Waals surface area contributed by atoms with Gasteiger partial charge in [-0.15, -0.1) is 0 Å². The first kappa shape index (κ1) is 15.4. The molecule has 1 heterocycles. The number of carbonyl (C=O) groups is 3. The van der Waals surface area contributed by atoms with Crippen molar-refractivity contribution in [2.45, 2.75) is 27.3 Å². The molecular formula is C12H15N3O5. The maximum absolute atomic E-state index is 11.6. The Kier molecular flexibility index (Phi) is 5.01. The number of nitrogens with zero attached hydrogens (tertiary/aromatic N) is 1. The Morgan fingerprint density at radius 3 is 2.45 bits per heavy atom. The predicted molar refractivity (Wildman–Crippen MR) is 67.6 cm³/mol. The van der Waals surface area contributed by atoms with Crippen LogP contribution in [-0.2, 0) is 16.1 Å². The Hall–Kier alpha value is -2.64. The van der Waals surface area contributed by atoms with Crippen molar-refractivity contribution in [3.8, 4) is 0 Å². The molecule has 0 saturated carbocycles. The Morgan fingerprint density at radius 2 is 1.95 bits per heavy atom. The van der Waals surface area contributed by atoms with Crippen LogP contribution < -0.4 is 10.6 Å². The molecule has 0 aliphatic heterocycles. The van der Waals surface area contributed by atoms with Gasteiger partial charge in [0.05, 0.1) is 12.2 Å². The Balaban J connectivity index is 2.52. The molecule has 1 rings (SSSR count). The molecule has 0 bridgehead atoms. The van der Waals surface area contributed by atoms with E-state index in [1.807, 2.05) is 5.32 Å². The highest BCUT2D eigenvalue weighted by atomic mass is 16.5. The molecule has 3 N–H and O–H groups in total. The van der Waals surface area contributed by atoms with Crippen molar-refractivity contribution < 1.29 is 24.0 Å². The molecule has 0 aromatic carbocycles. The first-order valence-corrected chi connectivity index (χ1v) is 5.73. The summed E-state index contributed by atoms with van der Waals surface area (Å²) in [5.74, 6) is -1.54. The second-order valence-corrected chi connectivity index (χ2v) is 4.13. The van der Waals surface area contributed by atoms with Gasteiger partial charge in [-0.05, 0) is 20.8 Å². The lowest BCUT2D eigenvalue weighted by atomic mass is 10.1. The van der Waals surface area contributed by atoms with E-state index in [2.05, 4.69) is 10.5 Å². The summed E-state index contributed by atoms with van der Waals surface area (Å²) in [6.45, 7) is 4.42. The van der Waals surface area contributed by atoms with Gasteiger partial charge in [0.1, 0.15) is 0 Å². The first-order valence-electron chi connectivity index (χ1n) is 5.73. The summed E-state index contributed by atoms with van der Waals surface area (Å²) in [6.07, 6.45) is 0. The Morgan fingerprint density at radius 1 is 1.30 bits per heavy atom. The smallest absolute Gasteiger partial charge is 0.331 e. The highest BCUT2D eigenvalue weighted by Crippen LogP contribution is 2.03. The zero-order chi connectivity index (χ0) is 15.3. The van der Waals surface area contributed by atoms with E-state index in [1.54, 1.807) is 13.0 Å². The summed E-state index contributed by atoms with van der Waals surface area (Å²) >= 11 is 0. The molecular weight excluding hydrogens is 266 g/mol. The third-order valence-electron chi connectivity index (χ3n) is 2.55. The van der Waals surface area contributed by atoms with Crippen molar-refractivity contribution in [2.75, 3.05) is 0 Å². The molecule has 0 atom stereocenters. The zero-order valence-electron chi connectivity index (χ0n) is 11.3. The average Bonchev–Trinajstić information content (AvgIpc) is 2.80. The number of aliphatic carboxylic acids is 1. The number of amides is 3. The predicted octanol–water partition coefficient (Wildman–Crippen LogP) is 0.730. The van der Waals surface area contributed by atoms with E-state index in [4.69, 9.17) is 9.63 Å². The Labute approximate surface area is 114 Å². The van der Waals surface area contributed by atoms with Crippen LogP contribution in [0.25, 0.3) is 0 Å². The van der Waals surface area contributed by atoms with Crippen LogP contribution in [0.5, 0.6) is 0 Å². The van der Waals surface area contributed by atoms with E-state index in [1.165, 1.54) is 13.8 Å². The van der Waals surface area contributed by atoms with E-state index in [9.17, 15) is 14.4 Å². The second kappa shape index (κ2) is 6.50. The topological polar surface area (TPSA) is 122 Å². The highest BCUT2D eigenvalue weighted by Gasteiger charge is 2.15. The number of hydrogen-bond acceptors (Lipinski definition) is 5. The van der Waals surface area contributed by atoms with Crippen molar-refractivity contribution in [3.05, 3.63) is 28.7 Å². The summed E-state index contributed by atoms with van der Waals surface area (Å²) in [5, 5.41) is 16.8. The van der Waals surface area contributed by atoms with Crippen LogP contribution in [-0.4, -0.2) is 28.2 Å². The minimum absolute atomic E-state index is 0.0387. The molecule has 8 nitrogen and oxygen atoms in total. The fraction of sp³-hybridized carbons (Fsp3) is 0.333. The van der Waals surface area contributed by atoms with E-state index in [0.29, 0.717) is 11.5 Å². The molecule has 0 fully saturated rings. The molecule has 108 valence electrons. The summed E-state index contributed by atoms with van der Waals surface area (Å²) < 4.78 is 4.87. The lowest BCUT2D eigenvalue weighted by Crippen LogP contribution is -2.39. The lowest BCUT2D eigenvalue weighted by Gasteiger charge is -2.06. The number of rotatable bonds is 4. The highest BCUT2D eigenvalue weighted by molar-refractivity contribution is 6.07. The summed E-state index contributed by atoms with van der Waals surface area (Å²) in [5.41, 5.74) is 0.512. The van der Waals surface area contributed by atoms with E-state index in [-0.39, 0.29) is 17.7 Å². The second-order valence-electron chi connectivity index (χ2n) is 4.13. The average molecular weight is 281 g/mol. The SMILES string of the molecule is CC(C(=O)O)=C(C)C(=O)NC(=O)NCc1cc(C)no1. The third kappa shape index (κ3) is 4.23. The molecule has 0 aliphatic rings. The fourth-order valence-electron chi connectivity index (χ4n) is 1.24. The minimum Gasteiger partial charge on any atom is -0.478 e. The number of aryl methyl sites for hydroxylation is 1. The number of urea groups is 1. The van der Waals surface area contributed by atoms with E-state index >= 15 is 0 Å². The molecule has 1 aromatic rings. The van der Waals surface area contributed by atoms with Gasteiger partial charge in [-0.3, -0.25) is 10.1 Å². The van der Waals surface area contributed by atoms with Crippen LogP contribution >= 0.6 is 0 Å². The summed E-state index contributed by atoms with van der Waals surface area (Å²) in [4.78, 5) is 33.7. The largest absolute Gasteiger partial charge is 0.478 e. The van der Waals surface area contributed by atoms with Crippen LogP contribution in [0, 0.1) is 6.92 Å². The number of carboxylic acid groups (broad SMARTS) is 1. The monoisotopic (exact) mass is 281 g/mol. The molecule has 8 heteroatoms. The number of nitrogens with one attached hydrogen (secondary N) is 2. The van der Waals surface area contributed by atoms with Gasteiger partial charge in [-0.2, -0.15) is 0 Å². The van der Waals surface area contributed by atoms with Gasteiger partial charge >= 0.3 is 12.0 Å². The van der Waals surface area contributed by atoms with E-state index < -0.39 is 17.9 Å². The van der Waals surface area contributed by atoms with Crippen molar-refractivity contribution in [3.63, 3.8) is 0 Å². The normalized spacial score (nSPS) is 11.6. The Bertz CT molecular complexity index is 573. The van der Waals surface area contributed by atoms with Gasteiger partial charge in [0.25, 0.3) is 5.91 Å². The fourth-order valence-corrected chi connectivity index (χ4v) is 1.24. The maximum Gasteiger partial charge on any atom is 0.331 e. The quantitative estimate of drug-likeness (QED) is 0.699. The number of aromatic nitrogens is 1. The molecule has 1 aromatic heterocycles. The van der Waals surface area contributed by atoms with Crippen LogP contribution in [0.4, 0.5) is 4.79 Å². The third-order valence-corrected chi connectivity index (χ3v) is 2.55. The molecule has 0 radical (unpaired) electrons. The minimum atomic E-state index is -1.21. The molecule has 3 amide bonds. The number of hydrogen-bond donors (Lipinski definition) is 3. The van der Waals surface area contributed by atoms with Crippen LogP contribution in [0.2, 0.25) is 0 Å². The van der Waals surface area contributed by atoms with Crippen molar-refractivity contribution in [1.82, 2.24) is 15.8 Å². The van der Waals surface area contributed by atoms with Crippen molar-refractivity contribution >= 4 is 17.9 Å². The molecule has 0 saturated heterocycles. The van der Waals surface area contributed by atoms with Gasteiger partial charge in [0.15, 0.2) is 5.76 Å². The number of carboxylic acids is 1. The van der Waals surface area contributed by atoms with Crippen LogP contribution in [0.1, 0.15) is 25.3 Å². The van der Waals surface area contributed by atoms with Gasteiger partial charge in [0, 0.05) is 17.2 Å². The maximum atomic E-state index is 11.6. The standard InChI is InChI=1S/C12H15N3O5/c1-6-4-9(20-15-6)5-13-12(19)14-10(16)7(2)8(3)11(17)18/h4H,5H2,1-3H3,(H,17,18)(H2,13,14,16,19). The molecule has 0 aliphatic carbocycles. The van der Waals surface area contributed by atoms with Crippen LogP contribution in [0.3, 0.4) is 0 Å².